The minimum atomic E-state index is -4.87. The van der Waals surface area contributed by atoms with Crippen molar-refractivity contribution in [3.05, 3.63) is 70.8 Å². The average molecular weight is 405 g/mol. The van der Waals surface area contributed by atoms with Crippen LogP contribution in [0.15, 0.2) is 65.3 Å². The number of carbonyl (C=O) groups excluding carboxylic acids is 1. The van der Waals surface area contributed by atoms with Crippen LogP contribution in [0.4, 0.5) is 13.2 Å². The predicted molar refractivity (Wildman–Crippen MR) is 106 cm³/mol. The van der Waals surface area contributed by atoms with Crippen LogP contribution in [0.1, 0.15) is 44.6 Å². The maximum absolute atomic E-state index is 14.1. The van der Waals surface area contributed by atoms with Crippen LogP contribution in [0.3, 0.4) is 0 Å². The number of carbonyl (C=O) groups is 1. The molecule has 1 atom stereocenters. The van der Waals surface area contributed by atoms with Crippen molar-refractivity contribution in [3.63, 3.8) is 0 Å². The van der Waals surface area contributed by atoms with E-state index in [0.717, 1.165) is 49.3 Å². The van der Waals surface area contributed by atoms with E-state index in [1.807, 2.05) is 6.08 Å². The van der Waals surface area contributed by atoms with Crippen LogP contribution in [0.2, 0.25) is 0 Å². The van der Waals surface area contributed by atoms with Crippen LogP contribution >= 0.6 is 0 Å². The van der Waals surface area contributed by atoms with E-state index in [-0.39, 0.29) is 13.2 Å². The van der Waals surface area contributed by atoms with Gasteiger partial charge in [-0.25, -0.2) is 0 Å². The molecular weight excluding hydrogens is 379 g/mol. The molecule has 156 valence electrons. The summed E-state index contributed by atoms with van der Waals surface area (Å²) in [7, 11) is 0. The van der Waals surface area contributed by atoms with Crippen LogP contribution in [-0.2, 0) is 16.1 Å². The topological polar surface area (TPSA) is 38.3 Å². The molecule has 6 heteroatoms. The molecule has 1 aromatic rings. The van der Waals surface area contributed by atoms with Gasteiger partial charge in [-0.3, -0.25) is 4.79 Å². The standard InChI is InChI=1S/C23H26F3NO2/c1-2-19-16-29-22(23(24,25)26,14-20(19)13-17-9-5-3-6-10-17)21(28)27-15-18-11-7-4-8-12-18/h2,4,7-8,11-14H,3,5-6,9-10,15-16H2,1H3,(H,27,28). The summed E-state index contributed by atoms with van der Waals surface area (Å²) < 4.78 is 47.4. The highest BCUT2D eigenvalue weighted by Gasteiger charge is 2.61. The number of ether oxygens (including phenoxy) is 1. The highest BCUT2D eigenvalue weighted by Crippen LogP contribution is 2.41. The van der Waals surface area contributed by atoms with Gasteiger partial charge >= 0.3 is 6.18 Å². The van der Waals surface area contributed by atoms with Gasteiger partial charge < -0.3 is 10.1 Å². The van der Waals surface area contributed by atoms with Gasteiger partial charge in [0.2, 0.25) is 0 Å². The van der Waals surface area contributed by atoms with Crippen LogP contribution in [0.25, 0.3) is 0 Å². The van der Waals surface area contributed by atoms with Gasteiger partial charge in [0.25, 0.3) is 11.5 Å². The lowest BCUT2D eigenvalue weighted by Crippen LogP contribution is -2.59. The number of halogens is 3. The zero-order chi connectivity index (χ0) is 20.9. The quantitative estimate of drug-likeness (QED) is 0.729. The Morgan fingerprint density at radius 1 is 1.17 bits per heavy atom. The van der Waals surface area contributed by atoms with Gasteiger partial charge in [-0.1, -0.05) is 54.5 Å². The van der Waals surface area contributed by atoms with Crippen molar-refractivity contribution in [1.82, 2.24) is 5.32 Å². The first-order valence-electron chi connectivity index (χ1n) is 9.96. The van der Waals surface area contributed by atoms with E-state index in [1.165, 1.54) is 0 Å². The fraction of sp³-hybridized carbons (Fsp3) is 0.435. The number of hydrogen-bond acceptors (Lipinski definition) is 2. The number of hydrogen-bond donors (Lipinski definition) is 1. The van der Waals surface area contributed by atoms with Gasteiger partial charge in [-0.2, -0.15) is 13.2 Å². The Hall–Kier alpha value is -2.34. The van der Waals surface area contributed by atoms with E-state index in [2.05, 4.69) is 5.32 Å². The minimum Gasteiger partial charge on any atom is -0.349 e. The van der Waals surface area contributed by atoms with E-state index in [4.69, 9.17) is 4.74 Å². The number of rotatable bonds is 4. The van der Waals surface area contributed by atoms with E-state index in [0.29, 0.717) is 11.1 Å². The van der Waals surface area contributed by atoms with Gasteiger partial charge in [0, 0.05) is 6.54 Å². The maximum Gasteiger partial charge on any atom is 0.430 e. The Kier molecular flexibility index (Phi) is 6.63. The van der Waals surface area contributed by atoms with E-state index < -0.39 is 17.7 Å². The Balaban J connectivity index is 1.93. The largest absolute Gasteiger partial charge is 0.430 e. The Morgan fingerprint density at radius 2 is 1.86 bits per heavy atom. The molecule has 1 N–H and O–H groups in total. The highest BCUT2D eigenvalue weighted by molar-refractivity contribution is 5.89. The molecule has 1 saturated carbocycles. The fourth-order valence-electron chi connectivity index (χ4n) is 3.72. The SMILES string of the molecule is CC=C1COC(C(=O)NCc2ccccc2)(C(F)(F)F)C=C1C=C1CCCCC1. The van der Waals surface area contributed by atoms with E-state index in [1.54, 1.807) is 43.3 Å². The lowest BCUT2D eigenvalue weighted by Gasteiger charge is -2.36. The monoisotopic (exact) mass is 405 g/mol. The Labute approximate surface area is 169 Å². The van der Waals surface area contributed by atoms with Gasteiger partial charge in [-0.15, -0.1) is 0 Å². The summed E-state index contributed by atoms with van der Waals surface area (Å²) in [6.07, 6.45) is 4.64. The van der Waals surface area contributed by atoms with Gasteiger partial charge in [0.05, 0.1) is 6.61 Å². The second-order valence-electron chi connectivity index (χ2n) is 7.47. The Bertz CT molecular complexity index is 816. The third-order valence-electron chi connectivity index (χ3n) is 5.44. The summed E-state index contributed by atoms with van der Waals surface area (Å²) in [5, 5.41) is 2.40. The summed E-state index contributed by atoms with van der Waals surface area (Å²) in [6.45, 7) is 1.51. The normalized spacial score (nSPS) is 24.2. The molecule has 2 aliphatic rings. The first-order valence-corrected chi connectivity index (χ1v) is 9.96. The van der Waals surface area contributed by atoms with E-state index >= 15 is 0 Å². The molecule has 0 saturated heterocycles. The molecule has 1 unspecified atom stereocenters. The molecule has 1 aliphatic heterocycles. The molecule has 0 spiro atoms. The molecule has 29 heavy (non-hydrogen) atoms. The molecule has 0 bridgehead atoms. The van der Waals surface area contributed by atoms with E-state index in [9.17, 15) is 18.0 Å². The molecule has 1 amide bonds. The summed E-state index contributed by atoms with van der Waals surface area (Å²) >= 11 is 0. The van der Waals surface area contributed by atoms with Crippen LogP contribution < -0.4 is 5.32 Å². The summed E-state index contributed by atoms with van der Waals surface area (Å²) in [4.78, 5) is 12.7. The molecular formula is C23H26F3NO2. The molecule has 1 aromatic carbocycles. The summed E-state index contributed by atoms with van der Waals surface area (Å²) in [6, 6.07) is 8.83. The molecule has 3 nitrogen and oxygen atoms in total. The predicted octanol–water partition coefficient (Wildman–Crippen LogP) is 5.40. The third-order valence-corrected chi connectivity index (χ3v) is 5.44. The first kappa shape index (κ1) is 21.4. The molecule has 3 rings (SSSR count). The molecule has 1 heterocycles. The molecule has 1 fully saturated rings. The van der Waals surface area contributed by atoms with Gasteiger partial charge in [0.15, 0.2) is 0 Å². The van der Waals surface area contributed by atoms with Crippen molar-refractivity contribution < 1.29 is 22.7 Å². The van der Waals surface area contributed by atoms with Crippen LogP contribution in [0.5, 0.6) is 0 Å². The zero-order valence-electron chi connectivity index (χ0n) is 16.5. The fourth-order valence-corrected chi connectivity index (χ4v) is 3.72. The van der Waals surface area contributed by atoms with Crippen molar-refractivity contribution in [2.45, 2.75) is 57.3 Å². The smallest absolute Gasteiger partial charge is 0.349 e. The van der Waals surface area contributed by atoms with Crippen molar-refractivity contribution in [2.75, 3.05) is 6.61 Å². The maximum atomic E-state index is 14.1. The summed E-state index contributed by atoms with van der Waals surface area (Å²) in [5.41, 5.74) is -0.0437. The lowest BCUT2D eigenvalue weighted by molar-refractivity contribution is -0.249. The number of alkyl halides is 3. The first-order chi connectivity index (χ1) is 13.9. The zero-order valence-corrected chi connectivity index (χ0v) is 16.5. The summed E-state index contributed by atoms with van der Waals surface area (Å²) in [5.74, 6) is -1.19. The highest BCUT2D eigenvalue weighted by atomic mass is 19.4. The van der Waals surface area contributed by atoms with Crippen LogP contribution in [0, 0.1) is 0 Å². The van der Waals surface area contributed by atoms with Gasteiger partial charge in [0.1, 0.15) is 0 Å². The number of allylic oxidation sites excluding steroid dienone is 3. The minimum absolute atomic E-state index is 0.00159. The molecule has 0 radical (unpaired) electrons. The molecule has 0 aromatic heterocycles. The Morgan fingerprint density at radius 3 is 2.48 bits per heavy atom. The number of amides is 1. The van der Waals surface area contributed by atoms with Crippen LogP contribution in [-0.4, -0.2) is 24.3 Å². The third kappa shape index (κ3) is 4.81. The molecule has 1 aliphatic carbocycles. The average Bonchev–Trinajstić information content (AvgIpc) is 2.72. The second-order valence-corrected chi connectivity index (χ2v) is 7.47. The van der Waals surface area contributed by atoms with Crippen molar-refractivity contribution in [2.24, 2.45) is 0 Å². The van der Waals surface area contributed by atoms with Gasteiger partial charge in [-0.05, 0) is 55.4 Å². The van der Waals surface area contributed by atoms with Crippen molar-refractivity contribution in [3.8, 4) is 0 Å². The number of benzene rings is 1. The lowest BCUT2D eigenvalue weighted by atomic mass is 9.87. The number of nitrogens with one attached hydrogen (secondary N) is 1. The second kappa shape index (κ2) is 8.99. The van der Waals surface area contributed by atoms with Crippen molar-refractivity contribution >= 4 is 5.91 Å². The van der Waals surface area contributed by atoms with Crippen molar-refractivity contribution in [1.29, 1.82) is 0 Å².